The Balaban J connectivity index is 1.90. The summed E-state index contributed by atoms with van der Waals surface area (Å²) in [6, 6.07) is 0. The molecular formula is C24H38N4. The van der Waals surface area contributed by atoms with Crippen LogP contribution >= 0.6 is 0 Å². The molecule has 0 amide bonds. The zero-order chi connectivity index (χ0) is 20.3. The molecule has 0 spiro atoms. The third-order valence-corrected chi connectivity index (χ3v) is 6.69. The van der Waals surface area contributed by atoms with Crippen LogP contribution in [0.5, 0.6) is 0 Å². The van der Waals surface area contributed by atoms with Gasteiger partial charge in [0.15, 0.2) is 0 Å². The molecule has 0 radical (unpaired) electrons. The van der Waals surface area contributed by atoms with E-state index in [4.69, 9.17) is 11.5 Å². The largest absolute Gasteiger partial charge is 0.361 e. The quantitative estimate of drug-likeness (QED) is 0.533. The Morgan fingerprint density at radius 3 is 2.11 bits per heavy atom. The summed E-state index contributed by atoms with van der Waals surface area (Å²) in [6.45, 7) is 10.5. The molecule has 1 unspecified atom stereocenters. The Hall–Kier alpha value is -1.78. The van der Waals surface area contributed by atoms with Crippen LogP contribution in [0.3, 0.4) is 0 Å². The van der Waals surface area contributed by atoms with Gasteiger partial charge in [0.1, 0.15) is 0 Å². The summed E-state index contributed by atoms with van der Waals surface area (Å²) in [4.78, 5) is 7.50. The third kappa shape index (κ3) is 4.13. The maximum atomic E-state index is 5.72. The molecule has 6 N–H and O–H groups in total. The van der Waals surface area contributed by atoms with E-state index in [2.05, 4.69) is 43.7 Å². The van der Waals surface area contributed by atoms with Crippen molar-refractivity contribution in [3.8, 4) is 0 Å². The first-order chi connectivity index (χ1) is 13.5. The molecule has 0 bridgehead atoms. The molecule has 4 heteroatoms. The fourth-order valence-electron chi connectivity index (χ4n) is 4.64. The highest BCUT2D eigenvalue weighted by Gasteiger charge is 2.23. The van der Waals surface area contributed by atoms with Crippen LogP contribution in [-0.4, -0.2) is 23.1 Å². The standard InChI is InChI=1S/C24H38N4/c1-15-17(3)23(27-21(15)10-6-12-25)19-8-5-9-20(14-19)24-18(4)16(2)22(28-24)11-7-13-26/h14,19,27-28H,5-13,25-26H2,1-4H3. The van der Waals surface area contributed by atoms with Crippen LogP contribution in [0.25, 0.3) is 5.57 Å². The molecule has 2 heterocycles. The Labute approximate surface area is 170 Å². The summed E-state index contributed by atoms with van der Waals surface area (Å²) in [5.74, 6) is 0.476. The molecule has 0 saturated heterocycles. The molecule has 154 valence electrons. The lowest BCUT2D eigenvalue weighted by Gasteiger charge is -2.21. The SMILES string of the molecule is Cc1c(CCCN)[nH]c(C2=CC(c3[nH]c(CCCN)c(C)c3C)CCC2)c1C. The number of rotatable bonds is 8. The summed E-state index contributed by atoms with van der Waals surface area (Å²) in [6.07, 6.45) is 10.3. The lowest BCUT2D eigenvalue weighted by atomic mass is 9.85. The molecule has 0 fully saturated rings. The smallest absolute Gasteiger partial charge is 0.0444 e. The van der Waals surface area contributed by atoms with Gasteiger partial charge in [-0.2, -0.15) is 0 Å². The topological polar surface area (TPSA) is 83.6 Å². The minimum Gasteiger partial charge on any atom is -0.361 e. The Morgan fingerprint density at radius 2 is 1.46 bits per heavy atom. The number of H-pyrrole nitrogens is 2. The second-order valence-electron chi connectivity index (χ2n) is 8.47. The van der Waals surface area contributed by atoms with Crippen molar-refractivity contribution in [2.75, 3.05) is 13.1 Å². The number of allylic oxidation sites excluding steroid dienone is 2. The van der Waals surface area contributed by atoms with E-state index in [-0.39, 0.29) is 0 Å². The van der Waals surface area contributed by atoms with Crippen LogP contribution in [0.15, 0.2) is 6.08 Å². The lowest BCUT2D eigenvalue weighted by molar-refractivity contribution is 0.646. The molecule has 0 saturated carbocycles. The third-order valence-electron chi connectivity index (χ3n) is 6.69. The van der Waals surface area contributed by atoms with Gasteiger partial charge in [-0.05, 0) is 114 Å². The van der Waals surface area contributed by atoms with Crippen molar-refractivity contribution in [3.05, 3.63) is 51.1 Å². The van der Waals surface area contributed by atoms with Crippen molar-refractivity contribution in [1.29, 1.82) is 0 Å². The first-order valence-corrected chi connectivity index (χ1v) is 10.9. The normalized spacial score (nSPS) is 17.2. The second-order valence-corrected chi connectivity index (χ2v) is 8.47. The van der Waals surface area contributed by atoms with Crippen molar-refractivity contribution < 1.29 is 0 Å². The number of aromatic amines is 2. The molecule has 1 aliphatic carbocycles. The summed E-state index contributed by atoms with van der Waals surface area (Å²) < 4.78 is 0. The molecule has 28 heavy (non-hydrogen) atoms. The highest BCUT2D eigenvalue weighted by atomic mass is 14.8. The van der Waals surface area contributed by atoms with Crippen LogP contribution in [0.4, 0.5) is 0 Å². The monoisotopic (exact) mass is 382 g/mol. The zero-order valence-electron chi connectivity index (χ0n) is 18.2. The molecule has 4 nitrogen and oxygen atoms in total. The van der Waals surface area contributed by atoms with Gasteiger partial charge in [0, 0.05) is 28.7 Å². The van der Waals surface area contributed by atoms with Gasteiger partial charge in [-0.15, -0.1) is 0 Å². The van der Waals surface area contributed by atoms with Gasteiger partial charge in [-0.1, -0.05) is 6.08 Å². The number of aromatic nitrogens is 2. The zero-order valence-corrected chi connectivity index (χ0v) is 18.2. The van der Waals surface area contributed by atoms with E-state index in [9.17, 15) is 0 Å². The lowest BCUT2D eigenvalue weighted by Crippen LogP contribution is -2.06. The molecule has 0 aromatic carbocycles. The van der Waals surface area contributed by atoms with E-state index < -0.39 is 0 Å². The summed E-state index contributed by atoms with van der Waals surface area (Å²) in [7, 11) is 0. The van der Waals surface area contributed by atoms with Crippen molar-refractivity contribution in [2.45, 2.75) is 78.6 Å². The first kappa shape index (κ1) is 20.9. The predicted molar refractivity (Wildman–Crippen MR) is 120 cm³/mol. The molecule has 3 rings (SSSR count). The number of hydrogen-bond donors (Lipinski definition) is 4. The van der Waals surface area contributed by atoms with Gasteiger partial charge in [0.05, 0.1) is 0 Å². The Kier molecular flexibility index (Phi) is 6.84. The second kappa shape index (κ2) is 9.15. The number of nitrogens with one attached hydrogen (secondary N) is 2. The van der Waals surface area contributed by atoms with Crippen molar-refractivity contribution in [2.24, 2.45) is 11.5 Å². The van der Waals surface area contributed by atoms with Crippen LogP contribution in [0.1, 0.15) is 83.1 Å². The highest BCUT2D eigenvalue weighted by molar-refractivity contribution is 5.69. The van der Waals surface area contributed by atoms with Crippen LogP contribution in [-0.2, 0) is 12.8 Å². The predicted octanol–water partition coefficient (Wildman–Crippen LogP) is 4.71. The van der Waals surface area contributed by atoms with E-state index in [0.29, 0.717) is 5.92 Å². The molecule has 0 aliphatic heterocycles. The van der Waals surface area contributed by atoms with Crippen molar-refractivity contribution in [3.63, 3.8) is 0 Å². The van der Waals surface area contributed by atoms with E-state index in [1.807, 2.05) is 0 Å². The fourth-order valence-corrected chi connectivity index (χ4v) is 4.64. The van der Waals surface area contributed by atoms with E-state index in [1.54, 1.807) is 0 Å². The molecular weight excluding hydrogens is 344 g/mol. The average molecular weight is 383 g/mol. The van der Waals surface area contributed by atoms with Gasteiger partial charge >= 0.3 is 0 Å². The average Bonchev–Trinajstić information content (AvgIpc) is 3.15. The van der Waals surface area contributed by atoms with Crippen LogP contribution in [0.2, 0.25) is 0 Å². The van der Waals surface area contributed by atoms with Gasteiger partial charge < -0.3 is 21.4 Å². The molecule has 1 aliphatic rings. The van der Waals surface area contributed by atoms with Gasteiger partial charge in [-0.25, -0.2) is 0 Å². The van der Waals surface area contributed by atoms with E-state index >= 15 is 0 Å². The number of nitrogens with two attached hydrogens (primary N) is 2. The van der Waals surface area contributed by atoms with Gasteiger partial charge in [0.25, 0.3) is 0 Å². The van der Waals surface area contributed by atoms with Crippen LogP contribution < -0.4 is 11.5 Å². The number of aryl methyl sites for hydroxylation is 2. The van der Waals surface area contributed by atoms with Crippen molar-refractivity contribution >= 4 is 5.57 Å². The van der Waals surface area contributed by atoms with Gasteiger partial charge in [0.2, 0.25) is 0 Å². The van der Waals surface area contributed by atoms with Gasteiger partial charge in [-0.3, -0.25) is 0 Å². The summed E-state index contributed by atoms with van der Waals surface area (Å²) in [5, 5.41) is 0. The van der Waals surface area contributed by atoms with E-state index in [1.165, 1.54) is 63.4 Å². The minimum absolute atomic E-state index is 0.476. The Bertz CT molecular complexity index is 837. The maximum absolute atomic E-state index is 5.72. The summed E-state index contributed by atoms with van der Waals surface area (Å²) >= 11 is 0. The Morgan fingerprint density at radius 1 is 0.857 bits per heavy atom. The minimum atomic E-state index is 0.476. The fraction of sp³-hybridized carbons (Fsp3) is 0.583. The maximum Gasteiger partial charge on any atom is 0.0444 e. The van der Waals surface area contributed by atoms with E-state index in [0.717, 1.165) is 45.2 Å². The van der Waals surface area contributed by atoms with Crippen molar-refractivity contribution in [1.82, 2.24) is 9.97 Å². The summed E-state index contributed by atoms with van der Waals surface area (Å²) in [5.41, 5.74) is 24.1. The molecule has 2 aromatic rings. The first-order valence-electron chi connectivity index (χ1n) is 10.9. The number of hydrogen-bond acceptors (Lipinski definition) is 2. The molecule has 2 aromatic heterocycles. The highest BCUT2D eigenvalue weighted by Crippen LogP contribution is 2.39. The molecule has 1 atom stereocenters. The van der Waals surface area contributed by atoms with Crippen LogP contribution in [0, 0.1) is 27.7 Å².